The summed E-state index contributed by atoms with van der Waals surface area (Å²) in [5.41, 5.74) is 2.15. The van der Waals surface area contributed by atoms with Gasteiger partial charge in [0.05, 0.1) is 12.1 Å². The maximum Gasteiger partial charge on any atom is 0.178 e. The second-order valence-corrected chi connectivity index (χ2v) is 5.74. The number of benzene rings is 1. The SMILES string of the molecule is CCOc1cccc2c1[nH]c(=S)n2CCCCSC. The Morgan fingerprint density at radius 3 is 2.95 bits per heavy atom. The fraction of sp³-hybridized carbons (Fsp3) is 0.500. The molecule has 0 aliphatic rings. The van der Waals surface area contributed by atoms with E-state index in [-0.39, 0.29) is 0 Å². The number of aromatic amines is 1. The van der Waals surface area contributed by atoms with Crippen LogP contribution in [0.2, 0.25) is 0 Å². The average Bonchev–Trinajstić information content (AvgIpc) is 2.73. The van der Waals surface area contributed by atoms with Crippen molar-refractivity contribution in [2.75, 3.05) is 18.6 Å². The van der Waals surface area contributed by atoms with Gasteiger partial charge in [-0.3, -0.25) is 0 Å². The summed E-state index contributed by atoms with van der Waals surface area (Å²) in [5, 5.41) is 0. The minimum Gasteiger partial charge on any atom is -0.492 e. The third-order valence-electron chi connectivity index (χ3n) is 3.05. The Balaban J connectivity index is 2.26. The third-order valence-corrected chi connectivity index (χ3v) is 4.07. The molecule has 0 unspecified atom stereocenters. The highest BCUT2D eigenvalue weighted by Gasteiger charge is 2.08. The third kappa shape index (κ3) is 3.34. The maximum absolute atomic E-state index is 5.64. The van der Waals surface area contributed by atoms with Gasteiger partial charge in [-0.15, -0.1) is 0 Å². The molecule has 19 heavy (non-hydrogen) atoms. The molecule has 0 aliphatic heterocycles. The molecule has 0 saturated heterocycles. The fourth-order valence-electron chi connectivity index (χ4n) is 2.17. The van der Waals surface area contributed by atoms with Crippen LogP contribution in [0.1, 0.15) is 19.8 Å². The topological polar surface area (TPSA) is 29.9 Å². The van der Waals surface area contributed by atoms with Crippen LogP contribution in [0.4, 0.5) is 0 Å². The Bertz CT molecular complexity index is 589. The van der Waals surface area contributed by atoms with Crippen LogP contribution in [0.3, 0.4) is 0 Å². The summed E-state index contributed by atoms with van der Waals surface area (Å²) in [6, 6.07) is 6.10. The molecule has 2 rings (SSSR count). The van der Waals surface area contributed by atoms with E-state index in [9.17, 15) is 0 Å². The van der Waals surface area contributed by atoms with Gasteiger partial charge >= 0.3 is 0 Å². The van der Waals surface area contributed by atoms with Crippen molar-refractivity contribution < 1.29 is 4.74 Å². The summed E-state index contributed by atoms with van der Waals surface area (Å²) in [7, 11) is 0. The van der Waals surface area contributed by atoms with Crippen molar-refractivity contribution in [3.63, 3.8) is 0 Å². The molecule has 5 heteroatoms. The minimum atomic E-state index is 0.665. The number of ether oxygens (including phenoxy) is 1. The first-order valence-electron chi connectivity index (χ1n) is 6.61. The van der Waals surface area contributed by atoms with Gasteiger partial charge in [-0.05, 0) is 56.1 Å². The maximum atomic E-state index is 5.64. The van der Waals surface area contributed by atoms with Crippen LogP contribution >= 0.6 is 24.0 Å². The summed E-state index contributed by atoms with van der Waals surface area (Å²) in [4.78, 5) is 3.27. The molecule has 0 saturated carbocycles. The van der Waals surface area contributed by atoms with E-state index in [1.54, 1.807) is 0 Å². The lowest BCUT2D eigenvalue weighted by atomic mass is 10.3. The standard InChI is InChI=1S/C14H20N2OS2/c1-3-17-12-8-6-7-11-13(12)15-14(18)16(11)9-4-5-10-19-2/h6-8H,3-5,9-10H2,1-2H3,(H,15,18). The number of unbranched alkanes of at least 4 members (excludes halogenated alkanes) is 1. The van der Waals surface area contributed by atoms with Crippen LogP contribution < -0.4 is 4.74 Å². The molecule has 104 valence electrons. The number of H-pyrrole nitrogens is 1. The lowest BCUT2D eigenvalue weighted by Gasteiger charge is -2.06. The van der Waals surface area contributed by atoms with Gasteiger partial charge < -0.3 is 14.3 Å². The van der Waals surface area contributed by atoms with Crippen LogP contribution in [-0.2, 0) is 6.54 Å². The van der Waals surface area contributed by atoms with E-state index in [0.717, 1.165) is 34.5 Å². The van der Waals surface area contributed by atoms with Crippen molar-refractivity contribution in [2.24, 2.45) is 0 Å². The van der Waals surface area contributed by atoms with Crippen LogP contribution in [0.5, 0.6) is 5.75 Å². The van der Waals surface area contributed by atoms with E-state index in [1.165, 1.54) is 12.2 Å². The first-order chi connectivity index (χ1) is 9.27. The van der Waals surface area contributed by atoms with E-state index in [2.05, 4.69) is 21.9 Å². The van der Waals surface area contributed by atoms with Crippen molar-refractivity contribution in [3.8, 4) is 5.75 Å². The van der Waals surface area contributed by atoms with E-state index in [1.807, 2.05) is 30.8 Å². The van der Waals surface area contributed by atoms with Gasteiger partial charge in [0.1, 0.15) is 11.3 Å². The van der Waals surface area contributed by atoms with Gasteiger partial charge in [0, 0.05) is 6.54 Å². The number of nitrogens with one attached hydrogen (secondary N) is 1. The Kier molecular flexibility index (Phi) is 5.34. The van der Waals surface area contributed by atoms with E-state index >= 15 is 0 Å². The Morgan fingerprint density at radius 1 is 1.37 bits per heavy atom. The first kappa shape index (κ1) is 14.5. The van der Waals surface area contributed by atoms with E-state index in [4.69, 9.17) is 17.0 Å². The Hall–Kier alpha value is -0.940. The van der Waals surface area contributed by atoms with Crippen LogP contribution in [0.25, 0.3) is 11.0 Å². The quantitative estimate of drug-likeness (QED) is 0.612. The molecule has 0 radical (unpaired) electrons. The molecule has 2 aromatic rings. The number of imidazole rings is 1. The van der Waals surface area contributed by atoms with Crippen molar-refractivity contribution >= 4 is 35.0 Å². The number of hydrogen-bond donors (Lipinski definition) is 1. The normalized spacial score (nSPS) is 11.1. The number of aromatic nitrogens is 2. The molecular weight excluding hydrogens is 276 g/mol. The largest absolute Gasteiger partial charge is 0.492 e. The van der Waals surface area contributed by atoms with Gasteiger partial charge in [-0.25, -0.2) is 0 Å². The number of thioether (sulfide) groups is 1. The highest BCUT2D eigenvalue weighted by atomic mass is 32.2. The number of rotatable bonds is 7. The van der Waals surface area contributed by atoms with Crippen LogP contribution in [-0.4, -0.2) is 28.2 Å². The molecule has 0 spiro atoms. The van der Waals surface area contributed by atoms with Gasteiger partial charge in [-0.1, -0.05) is 6.07 Å². The van der Waals surface area contributed by atoms with Crippen molar-refractivity contribution in [3.05, 3.63) is 23.0 Å². The summed E-state index contributed by atoms with van der Waals surface area (Å²) >= 11 is 7.31. The van der Waals surface area contributed by atoms with Crippen molar-refractivity contribution in [1.29, 1.82) is 0 Å². The number of nitrogens with zero attached hydrogens (tertiary/aromatic N) is 1. The number of para-hydroxylation sites is 1. The highest BCUT2D eigenvalue weighted by molar-refractivity contribution is 7.98. The second-order valence-electron chi connectivity index (χ2n) is 4.36. The zero-order valence-electron chi connectivity index (χ0n) is 11.4. The predicted molar refractivity (Wildman–Crippen MR) is 85.9 cm³/mol. The second kappa shape index (κ2) is 7.01. The van der Waals surface area contributed by atoms with Gasteiger partial charge in [0.2, 0.25) is 0 Å². The van der Waals surface area contributed by atoms with Crippen LogP contribution in [0, 0.1) is 4.77 Å². The molecule has 1 heterocycles. The fourth-order valence-corrected chi connectivity index (χ4v) is 2.95. The Morgan fingerprint density at radius 2 is 2.21 bits per heavy atom. The summed E-state index contributed by atoms with van der Waals surface area (Å²) < 4.78 is 8.59. The van der Waals surface area contributed by atoms with Crippen molar-refractivity contribution in [2.45, 2.75) is 26.3 Å². The number of hydrogen-bond acceptors (Lipinski definition) is 3. The molecule has 3 nitrogen and oxygen atoms in total. The molecule has 0 atom stereocenters. The lowest BCUT2D eigenvalue weighted by molar-refractivity contribution is 0.343. The number of aryl methyl sites for hydroxylation is 1. The predicted octanol–water partition coefficient (Wildman–Crippen LogP) is 4.24. The van der Waals surface area contributed by atoms with Gasteiger partial charge in [0.15, 0.2) is 4.77 Å². The van der Waals surface area contributed by atoms with E-state index in [0.29, 0.717) is 6.61 Å². The molecule has 0 bridgehead atoms. The molecular formula is C14H20N2OS2. The summed E-state index contributed by atoms with van der Waals surface area (Å²) in [5.74, 6) is 2.09. The van der Waals surface area contributed by atoms with Gasteiger partial charge in [-0.2, -0.15) is 11.8 Å². The average molecular weight is 296 g/mol. The monoisotopic (exact) mass is 296 g/mol. The Labute approximate surface area is 123 Å². The molecule has 0 fully saturated rings. The summed E-state index contributed by atoms with van der Waals surface area (Å²) in [6.45, 7) is 3.63. The molecule has 0 amide bonds. The summed E-state index contributed by atoms with van der Waals surface area (Å²) in [6.07, 6.45) is 4.52. The molecule has 1 N–H and O–H groups in total. The van der Waals surface area contributed by atoms with E-state index < -0.39 is 0 Å². The molecule has 1 aromatic heterocycles. The van der Waals surface area contributed by atoms with Gasteiger partial charge in [0.25, 0.3) is 0 Å². The van der Waals surface area contributed by atoms with Crippen molar-refractivity contribution in [1.82, 2.24) is 9.55 Å². The highest BCUT2D eigenvalue weighted by Crippen LogP contribution is 2.25. The minimum absolute atomic E-state index is 0.665. The lowest BCUT2D eigenvalue weighted by Crippen LogP contribution is -1.98. The van der Waals surface area contributed by atoms with Crippen LogP contribution in [0.15, 0.2) is 18.2 Å². The number of fused-ring (bicyclic) bond motifs is 1. The first-order valence-corrected chi connectivity index (χ1v) is 8.41. The smallest absolute Gasteiger partial charge is 0.178 e. The molecule has 0 aliphatic carbocycles. The zero-order chi connectivity index (χ0) is 13.7. The zero-order valence-corrected chi connectivity index (χ0v) is 13.1. The molecule has 1 aromatic carbocycles.